The van der Waals surface area contributed by atoms with E-state index in [1.54, 1.807) is 0 Å². The molecule has 0 bridgehead atoms. The average Bonchev–Trinajstić information content (AvgIpc) is 2.45. The molecular formula is C17H26BrNO. The summed E-state index contributed by atoms with van der Waals surface area (Å²) in [4.78, 5) is 0. The number of nitrogens with one attached hydrogen (secondary N) is 1. The Labute approximate surface area is 131 Å². The summed E-state index contributed by atoms with van der Waals surface area (Å²) in [6.07, 6.45) is 5.32. The van der Waals surface area contributed by atoms with Gasteiger partial charge < -0.3 is 10.1 Å². The van der Waals surface area contributed by atoms with Crippen LogP contribution in [0.3, 0.4) is 0 Å². The smallest absolute Gasteiger partial charge is 0.124 e. The number of rotatable bonds is 5. The molecule has 2 rings (SSSR count). The van der Waals surface area contributed by atoms with Crippen molar-refractivity contribution >= 4 is 15.9 Å². The molecular weight excluding hydrogens is 314 g/mol. The molecule has 1 aromatic rings. The van der Waals surface area contributed by atoms with E-state index >= 15 is 0 Å². The van der Waals surface area contributed by atoms with Crippen LogP contribution >= 0.6 is 15.9 Å². The third-order valence-electron chi connectivity index (χ3n) is 4.45. The fraction of sp³-hybridized carbons (Fsp3) is 0.647. The summed E-state index contributed by atoms with van der Waals surface area (Å²) < 4.78 is 6.95. The van der Waals surface area contributed by atoms with Crippen molar-refractivity contribution in [3.8, 4) is 5.75 Å². The topological polar surface area (TPSA) is 21.3 Å². The fourth-order valence-corrected chi connectivity index (χ4v) is 3.69. The van der Waals surface area contributed by atoms with Crippen molar-refractivity contribution < 1.29 is 4.74 Å². The zero-order chi connectivity index (χ0) is 14.5. The second-order valence-electron chi connectivity index (χ2n) is 5.90. The van der Waals surface area contributed by atoms with Crippen LogP contribution in [-0.2, 0) is 0 Å². The minimum atomic E-state index is 0.390. The standard InChI is InChI=1S/C17H26BrNO/c1-4-20-16-10-9-14(18)11-15(16)17(19-3)13-7-5-12(2)6-8-13/h9-13,17,19H,4-8H2,1-3H3. The molecule has 0 saturated heterocycles. The first-order chi connectivity index (χ1) is 9.65. The Kier molecular flexibility index (Phi) is 5.91. The Morgan fingerprint density at radius 2 is 2.00 bits per heavy atom. The highest BCUT2D eigenvalue weighted by Gasteiger charge is 2.28. The molecule has 1 atom stereocenters. The summed E-state index contributed by atoms with van der Waals surface area (Å²) in [6, 6.07) is 6.74. The van der Waals surface area contributed by atoms with E-state index in [4.69, 9.17) is 4.74 Å². The lowest BCUT2D eigenvalue weighted by molar-refractivity contribution is 0.232. The molecule has 1 aromatic carbocycles. The van der Waals surface area contributed by atoms with Gasteiger partial charge in [0, 0.05) is 16.1 Å². The maximum atomic E-state index is 5.83. The summed E-state index contributed by atoms with van der Waals surface area (Å²) in [5, 5.41) is 3.53. The van der Waals surface area contributed by atoms with Crippen LogP contribution in [0.25, 0.3) is 0 Å². The zero-order valence-corrected chi connectivity index (χ0v) is 14.4. The number of halogens is 1. The van der Waals surface area contributed by atoms with E-state index in [2.05, 4.69) is 53.4 Å². The maximum absolute atomic E-state index is 5.83. The lowest BCUT2D eigenvalue weighted by Gasteiger charge is -2.33. The normalized spacial score (nSPS) is 24.4. The van der Waals surface area contributed by atoms with Gasteiger partial charge in [-0.2, -0.15) is 0 Å². The monoisotopic (exact) mass is 339 g/mol. The fourth-order valence-electron chi connectivity index (χ4n) is 3.31. The first-order valence-electron chi connectivity index (χ1n) is 7.75. The molecule has 1 unspecified atom stereocenters. The van der Waals surface area contributed by atoms with E-state index in [-0.39, 0.29) is 0 Å². The van der Waals surface area contributed by atoms with Crippen molar-refractivity contribution in [3.05, 3.63) is 28.2 Å². The molecule has 112 valence electrons. The van der Waals surface area contributed by atoms with Crippen molar-refractivity contribution in [2.75, 3.05) is 13.7 Å². The molecule has 1 aliphatic carbocycles. The molecule has 20 heavy (non-hydrogen) atoms. The van der Waals surface area contributed by atoms with E-state index in [9.17, 15) is 0 Å². The number of benzene rings is 1. The quantitative estimate of drug-likeness (QED) is 0.820. The van der Waals surface area contributed by atoms with Gasteiger partial charge in [0.25, 0.3) is 0 Å². The molecule has 1 fully saturated rings. The molecule has 1 saturated carbocycles. The third-order valence-corrected chi connectivity index (χ3v) is 4.94. The molecule has 1 N–H and O–H groups in total. The number of ether oxygens (including phenoxy) is 1. The second kappa shape index (κ2) is 7.46. The molecule has 0 radical (unpaired) electrons. The van der Waals surface area contributed by atoms with E-state index in [0.717, 1.165) is 16.1 Å². The lowest BCUT2D eigenvalue weighted by Crippen LogP contribution is -2.28. The predicted molar refractivity (Wildman–Crippen MR) is 88.2 cm³/mol. The molecule has 0 amide bonds. The highest BCUT2D eigenvalue weighted by Crippen LogP contribution is 2.40. The van der Waals surface area contributed by atoms with Gasteiger partial charge in [-0.05, 0) is 56.8 Å². The van der Waals surface area contributed by atoms with Gasteiger partial charge in [-0.15, -0.1) is 0 Å². The molecule has 0 heterocycles. The van der Waals surface area contributed by atoms with Crippen LogP contribution < -0.4 is 10.1 Å². The number of hydrogen-bond acceptors (Lipinski definition) is 2. The molecule has 2 nitrogen and oxygen atoms in total. The Bertz CT molecular complexity index is 427. The molecule has 0 aromatic heterocycles. The molecule has 1 aliphatic rings. The van der Waals surface area contributed by atoms with Gasteiger partial charge in [-0.25, -0.2) is 0 Å². The Balaban J connectivity index is 2.23. The van der Waals surface area contributed by atoms with Crippen LogP contribution in [0.15, 0.2) is 22.7 Å². The van der Waals surface area contributed by atoms with Crippen LogP contribution in [-0.4, -0.2) is 13.7 Å². The van der Waals surface area contributed by atoms with E-state index in [0.29, 0.717) is 18.6 Å². The van der Waals surface area contributed by atoms with Gasteiger partial charge in [-0.3, -0.25) is 0 Å². The first-order valence-corrected chi connectivity index (χ1v) is 8.54. The average molecular weight is 340 g/mol. The lowest BCUT2D eigenvalue weighted by atomic mass is 9.77. The summed E-state index contributed by atoms with van der Waals surface area (Å²) >= 11 is 3.60. The zero-order valence-electron chi connectivity index (χ0n) is 12.8. The van der Waals surface area contributed by atoms with Crippen LogP contribution in [0.5, 0.6) is 5.75 Å². The first kappa shape index (κ1) is 15.8. The molecule has 0 spiro atoms. The van der Waals surface area contributed by atoms with Crippen molar-refractivity contribution in [2.45, 2.75) is 45.6 Å². The Morgan fingerprint density at radius 3 is 2.60 bits per heavy atom. The molecule has 3 heteroatoms. The van der Waals surface area contributed by atoms with Crippen molar-refractivity contribution in [1.82, 2.24) is 5.32 Å². The van der Waals surface area contributed by atoms with Crippen LogP contribution in [0, 0.1) is 11.8 Å². The summed E-state index contributed by atoms with van der Waals surface area (Å²) in [6.45, 7) is 5.13. The third kappa shape index (κ3) is 3.76. The van der Waals surface area contributed by atoms with E-state index in [1.807, 2.05) is 6.92 Å². The largest absolute Gasteiger partial charge is 0.494 e. The minimum absolute atomic E-state index is 0.390. The second-order valence-corrected chi connectivity index (χ2v) is 6.82. The van der Waals surface area contributed by atoms with Crippen LogP contribution in [0.2, 0.25) is 0 Å². The summed E-state index contributed by atoms with van der Waals surface area (Å²) in [7, 11) is 2.07. The minimum Gasteiger partial charge on any atom is -0.494 e. The van der Waals surface area contributed by atoms with Gasteiger partial charge in [0.15, 0.2) is 0 Å². The Hall–Kier alpha value is -0.540. The van der Waals surface area contributed by atoms with Crippen LogP contribution in [0.4, 0.5) is 0 Å². The number of hydrogen-bond donors (Lipinski definition) is 1. The van der Waals surface area contributed by atoms with Crippen molar-refractivity contribution in [3.63, 3.8) is 0 Å². The van der Waals surface area contributed by atoms with E-state index < -0.39 is 0 Å². The highest BCUT2D eigenvalue weighted by molar-refractivity contribution is 9.10. The molecule has 0 aliphatic heterocycles. The maximum Gasteiger partial charge on any atom is 0.124 e. The predicted octanol–water partition coefficient (Wildman–Crippen LogP) is 4.93. The summed E-state index contributed by atoms with van der Waals surface area (Å²) in [5.74, 6) is 2.62. The van der Waals surface area contributed by atoms with Crippen molar-refractivity contribution in [2.24, 2.45) is 11.8 Å². The van der Waals surface area contributed by atoms with Gasteiger partial charge in [0.1, 0.15) is 5.75 Å². The van der Waals surface area contributed by atoms with Crippen LogP contribution in [0.1, 0.15) is 51.1 Å². The summed E-state index contributed by atoms with van der Waals surface area (Å²) in [5.41, 5.74) is 1.29. The van der Waals surface area contributed by atoms with E-state index in [1.165, 1.54) is 31.2 Å². The highest BCUT2D eigenvalue weighted by atomic mass is 79.9. The van der Waals surface area contributed by atoms with Gasteiger partial charge in [0.2, 0.25) is 0 Å². The van der Waals surface area contributed by atoms with Gasteiger partial charge >= 0.3 is 0 Å². The SMILES string of the molecule is CCOc1ccc(Br)cc1C(NC)C1CCC(C)CC1. The van der Waals surface area contributed by atoms with Gasteiger partial charge in [0.05, 0.1) is 6.61 Å². The Morgan fingerprint density at radius 1 is 1.30 bits per heavy atom. The van der Waals surface area contributed by atoms with Crippen molar-refractivity contribution in [1.29, 1.82) is 0 Å². The van der Waals surface area contributed by atoms with Gasteiger partial charge in [-0.1, -0.05) is 35.7 Å².